The molecule has 0 saturated heterocycles. The van der Waals surface area contributed by atoms with Crippen molar-refractivity contribution in [1.29, 1.82) is 0 Å². The van der Waals surface area contributed by atoms with Crippen LogP contribution in [0.3, 0.4) is 0 Å². The summed E-state index contributed by atoms with van der Waals surface area (Å²) in [5.41, 5.74) is 0. The van der Waals surface area contributed by atoms with E-state index in [1.165, 1.54) is 12.8 Å². The van der Waals surface area contributed by atoms with Crippen LogP contribution < -0.4 is 0 Å². The van der Waals surface area contributed by atoms with Gasteiger partial charge in [-0.3, -0.25) is 10.5 Å². The number of rotatable bonds is 2. The lowest BCUT2D eigenvalue weighted by Gasteiger charge is -1.76. The van der Waals surface area contributed by atoms with Crippen LogP contribution >= 0.6 is 0 Å². The van der Waals surface area contributed by atoms with E-state index in [0.29, 0.717) is 0 Å². The topological polar surface area (TPSA) is 40.5 Å². The molecule has 0 aromatic carbocycles. The smallest absolute Gasteiger partial charge is 0.0353 e. The summed E-state index contributed by atoms with van der Waals surface area (Å²) in [6, 6.07) is 0. The maximum atomic E-state index is 6.00. The third-order valence-corrected chi connectivity index (χ3v) is 0.691. The number of allylic oxidation sites excluding steroid dienone is 2. The van der Waals surface area contributed by atoms with E-state index in [2.05, 4.69) is 26.0 Å². The molecule has 0 saturated carbocycles. The van der Waals surface area contributed by atoms with E-state index in [0.717, 1.165) is 0 Å². The second-order valence-corrected chi connectivity index (χ2v) is 1.36. The van der Waals surface area contributed by atoms with Gasteiger partial charge >= 0.3 is 0 Å². The van der Waals surface area contributed by atoms with Crippen molar-refractivity contribution in [3.8, 4) is 0 Å². The van der Waals surface area contributed by atoms with E-state index in [-0.39, 0.29) is 0 Å². The van der Waals surface area contributed by atoms with E-state index >= 15 is 0 Å². The summed E-state index contributed by atoms with van der Waals surface area (Å²) in [6.45, 7) is 4.23. The lowest BCUT2D eigenvalue weighted by Crippen LogP contribution is -1.55. The van der Waals surface area contributed by atoms with Crippen LogP contribution in [0, 0.1) is 0 Å². The van der Waals surface area contributed by atoms with Gasteiger partial charge in [-0.1, -0.05) is 25.5 Å². The van der Waals surface area contributed by atoms with Crippen molar-refractivity contribution in [2.45, 2.75) is 26.7 Å². The molecule has 2 N–H and O–H groups in total. The molecule has 0 atom stereocenters. The van der Waals surface area contributed by atoms with Gasteiger partial charge in [0.2, 0.25) is 0 Å². The van der Waals surface area contributed by atoms with Gasteiger partial charge in [-0.25, -0.2) is 0 Å². The van der Waals surface area contributed by atoms with E-state index in [4.69, 9.17) is 10.5 Å². The molecule has 0 aliphatic rings. The number of unbranched alkanes of at least 4 members (excludes halogenated alkanes) is 1. The molecule has 0 amide bonds. The molecule has 2 nitrogen and oxygen atoms in total. The standard InChI is InChI=1S/C6H12.H2O2/c1-3-5-6-4-2;1-2/h3,5H,4,6H2,1-2H3;1-2H. The first kappa shape index (κ1) is 10.6. The molecule has 50 valence electrons. The Morgan fingerprint density at radius 1 is 1.38 bits per heavy atom. The summed E-state index contributed by atoms with van der Waals surface area (Å²) < 4.78 is 0. The largest absolute Gasteiger partial charge is 0.255 e. The van der Waals surface area contributed by atoms with E-state index in [1.807, 2.05) is 0 Å². The Labute approximate surface area is 50.4 Å². The Bertz CT molecular complexity index is 41.8. The van der Waals surface area contributed by atoms with Gasteiger partial charge < -0.3 is 0 Å². The fraction of sp³-hybridized carbons (Fsp3) is 0.667. The molecule has 0 unspecified atom stereocenters. The average molecular weight is 118 g/mol. The van der Waals surface area contributed by atoms with Crippen LogP contribution in [0.25, 0.3) is 0 Å². The SMILES string of the molecule is CC=CCCC.OO. The van der Waals surface area contributed by atoms with Crippen molar-refractivity contribution in [3.63, 3.8) is 0 Å². The minimum absolute atomic E-state index is 1.23. The first-order chi connectivity index (χ1) is 3.91. The molecule has 8 heavy (non-hydrogen) atoms. The lowest BCUT2D eigenvalue weighted by atomic mass is 10.3. The second kappa shape index (κ2) is 15.9. The molecular formula is C6H14O2. The average Bonchev–Trinajstić information content (AvgIpc) is 1.88. The molecule has 0 rings (SSSR count). The van der Waals surface area contributed by atoms with Gasteiger partial charge in [-0.15, -0.1) is 0 Å². The molecule has 0 aromatic heterocycles. The Hall–Kier alpha value is -0.340. The monoisotopic (exact) mass is 118 g/mol. The van der Waals surface area contributed by atoms with Crippen LogP contribution in [0.5, 0.6) is 0 Å². The van der Waals surface area contributed by atoms with E-state index in [1.54, 1.807) is 0 Å². The summed E-state index contributed by atoms with van der Waals surface area (Å²) in [7, 11) is 0. The van der Waals surface area contributed by atoms with Crippen molar-refractivity contribution >= 4 is 0 Å². The third kappa shape index (κ3) is 17.4. The van der Waals surface area contributed by atoms with Gasteiger partial charge in [-0.2, -0.15) is 0 Å². The predicted octanol–water partition coefficient (Wildman–Crippen LogP) is 2.38. The zero-order valence-electron chi connectivity index (χ0n) is 5.46. The molecule has 0 aliphatic heterocycles. The minimum atomic E-state index is 1.23. The quantitative estimate of drug-likeness (QED) is 0.332. The summed E-state index contributed by atoms with van der Waals surface area (Å²) in [4.78, 5) is 0. The zero-order valence-corrected chi connectivity index (χ0v) is 5.46. The molecule has 2 heteroatoms. The second-order valence-electron chi connectivity index (χ2n) is 1.36. The fourth-order valence-electron chi connectivity index (χ4n) is 0.333. The molecule has 0 heterocycles. The van der Waals surface area contributed by atoms with Gasteiger partial charge in [0, 0.05) is 0 Å². The molecule has 0 spiro atoms. The van der Waals surface area contributed by atoms with Gasteiger partial charge in [0.1, 0.15) is 0 Å². The van der Waals surface area contributed by atoms with Crippen molar-refractivity contribution in [1.82, 2.24) is 0 Å². The Morgan fingerprint density at radius 3 is 2.00 bits per heavy atom. The highest BCUT2D eigenvalue weighted by Crippen LogP contribution is 1.85. The lowest BCUT2D eigenvalue weighted by molar-refractivity contribution is -0.176. The summed E-state index contributed by atoms with van der Waals surface area (Å²) in [6.07, 6.45) is 6.77. The molecular weight excluding hydrogens is 104 g/mol. The maximum Gasteiger partial charge on any atom is -0.0353 e. The molecule has 0 aliphatic carbocycles. The number of hydrogen-bond donors (Lipinski definition) is 2. The molecule has 0 bridgehead atoms. The van der Waals surface area contributed by atoms with E-state index in [9.17, 15) is 0 Å². The third-order valence-electron chi connectivity index (χ3n) is 0.691. The fourth-order valence-corrected chi connectivity index (χ4v) is 0.333. The van der Waals surface area contributed by atoms with Crippen LogP contribution in [0.4, 0.5) is 0 Å². The molecule has 0 fully saturated rings. The highest BCUT2D eigenvalue weighted by Gasteiger charge is 1.64. The highest BCUT2D eigenvalue weighted by atomic mass is 17.0. The zero-order chi connectivity index (χ0) is 6.83. The van der Waals surface area contributed by atoms with Crippen LogP contribution in [0.1, 0.15) is 26.7 Å². The van der Waals surface area contributed by atoms with Gasteiger partial charge in [0.25, 0.3) is 0 Å². The van der Waals surface area contributed by atoms with Gasteiger partial charge in [0.05, 0.1) is 0 Å². The highest BCUT2D eigenvalue weighted by molar-refractivity contribution is 4.75. The van der Waals surface area contributed by atoms with Crippen LogP contribution in [-0.4, -0.2) is 10.5 Å². The van der Waals surface area contributed by atoms with Crippen molar-refractivity contribution < 1.29 is 10.5 Å². The van der Waals surface area contributed by atoms with Gasteiger partial charge in [0.15, 0.2) is 0 Å². The summed E-state index contributed by atoms with van der Waals surface area (Å²) >= 11 is 0. The molecule has 0 aromatic rings. The summed E-state index contributed by atoms with van der Waals surface area (Å²) in [5, 5.41) is 12.0. The normalized spacial score (nSPS) is 8.50. The van der Waals surface area contributed by atoms with Crippen LogP contribution in [-0.2, 0) is 0 Å². The first-order valence-corrected chi connectivity index (χ1v) is 2.73. The Morgan fingerprint density at radius 2 is 1.88 bits per heavy atom. The molecule has 0 radical (unpaired) electrons. The Balaban J connectivity index is 0. The van der Waals surface area contributed by atoms with Gasteiger partial charge in [-0.05, 0) is 13.3 Å². The van der Waals surface area contributed by atoms with E-state index < -0.39 is 0 Å². The van der Waals surface area contributed by atoms with Crippen molar-refractivity contribution in [2.24, 2.45) is 0 Å². The predicted molar refractivity (Wildman–Crippen MR) is 35.0 cm³/mol. The van der Waals surface area contributed by atoms with Crippen molar-refractivity contribution in [2.75, 3.05) is 0 Å². The van der Waals surface area contributed by atoms with Crippen LogP contribution in [0.15, 0.2) is 12.2 Å². The summed E-state index contributed by atoms with van der Waals surface area (Å²) in [5.74, 6) is 0. The van der Waals surface area contributed by atoms with Crippen LogP contribution in [0.2, 0.25) is 0 Å². The van der Waals surface area contributed by atoms with Crippen molar-refractivity contribution in [3.05, 3.63) is 12.2 Å². The number of hydrogen-bond acceptors (Lipinski definition) is 2. The minimum Gasteiger partial charge on any atom is -0.255 e. The first-order valence-electron chi connectivity index (χ1n) is 2.73. The maximum absolute atomic E-state index is 6.00. The Kier molecular flexibility index (Phi) is 21.1.